The maximum absolute atomic E-state index is 13.0. The first-order chi connectivity index (χ1) is 17.3. The van der Waals surface area contributed by atoms with Crippen molar-refractivity contribution in [2.24, 2.45) is 11.8 Å². The van der Waals surface area contributed by atoms with Gasteiger partial charge in [0.1, 0.15) is 6.10 Å². The molecule has 0 saturated heterocycles. The lowest BCUT2D eigenvalue weighted by Gasteiger charge is -2.35. The summed E-state index contributed by atoms with van der Waals surface area (Å²) < 4.78 is 41.0. The Hall–Kier alpha value is -3.55. The number of benzene rings is 2. The van der Waals surface area contributed by atoms with Gasteiger partial charge in [0.25, 0.3) is 0 Å². The van der Waals surface area contributed by atoms with Crippen molar-refractivity contribution in [2.45, 2.75) is 40.2 Å². The van der Waals surface area contributed by atoms with Gasteiger partial charge in [-0.2, -0.15) is 0 Å². The van der Waals surface area contributed by atoms with Gasteiger partial charge in [0.2, 0.25) is 18.3 Å². The number of ether oxygens (including phenoxy) is 7. The number of hydrogen-bond donors (Lipinski definition) is 0. The summed E-state index contributed by atoms with van der Waals surface area (Å²) in [5.74, 6) is 2.78. The van der Waals surface area contributed by atoms with Gasteiger partial charge in [-0.15, -0.1) is 0 Å². The fourth-order valence-electron chi connectivity index (χ4n) is 4.96. The van der Waals surface area contributed by atoms with Crippen LogP contribution in [0.1, 0.15) is 44.9 Å². The van der Waals surface area contributed by atoms with Crippen molar-refractivity contribution in [3.05, 3.63) is 34.9 Å². The zero-order valence-electron chi connectivity index (χ0n) is 22.1. The van der Waals surface area contributed by atoms with Crippen molar-refractivity contribution < 1.29 is 38.0 Å². The average molecular weight is 499 g/mol. The summed E-state index contributed by atoms with van der Waals surface area (Å²) in [6.45, 7) is 7.91. The van der Waals surface area contributed by atoms with Crippen LogP contribution in [0.3, 0.4) is 0 Å². The molecular weight excluding hydrogens is 464 g/mol. The van der Waals surface area contributed by atoms with Crippen LogP contribution < -0.4 is 28.4 Å². The smallest absolute Gasteiger partial charge is 0.333 e. The van der Waals surface area contributed by atoms with E-state index in [9.17, 15) is 4.79 Å². The Balaban J connectivity index is 2.13. The van der Waals surface area contributed by atoms with Gasteiger partial charge in [0.15, 0.2) is 23.0 Å². The fourth-order valence-corrected chi connectivity index (χ4v) is 4.96. The molecule has 0 saturated carbocycles. The van der Waals surface area contributed by atoms with Crippen LogP contribution in [0.4, 0.5) is 0 Å². The van der Waals surface area contributed by atoms with E-state index in [-0.39, 0.29) is 24.6 Å². The largest absolute Gasteiger partial charge is 0.493 e. The van der Waals surface area contributed by atoms with Gasteiger partial charge >= 0.3 is 5.97 Å². The number of fused-ring (bicyclic) bond motifs is 4. The maximum atomic E-state index is 13.0. The van der Waals surface area contributed by atoms with Gasteiger partial charge < -0.3 is 33.2 Å². The SMILES string of the molecule is C/C=C(/C)C(=O)O[C@@H]1c2cc(OC)c(OC)c(OC)c2-c2c(cc3c(c2OC)OCO3)C[C@@H](C)[C@H]1C. The topological polar surface area (TPSA) is 81.7 Å². The van der Waals surface area contributed by atoms with Crippen molar-refractivity contribution in [1.82, 2.24) is 0 Å². The van der Waals surface area contributed by atoms with Gasteiger partial charge in [0, 0.05) is 28.2 Å². The zero-order chi connectivity index (χ0) is 26.1. The van der Waals surface area contributed by atoms with Crippen LogP contribution in [-0.2, 0) is 16.0 Å². The Morgan fingerprint density at radius 2 is 1.64 bits per heavy atom. The summed E-state index contributed by atoms with van der Waals surface area (Å²) in [4.78, 5) is 13.0. The van der Waals surface area contributed by atoms with E-state index in [1.54, 1.807) is 41.4 Å². The monoisotopic (exact) mass is 498 g/mol. The third kappa shape index (κ3) is 4.08. The average Bonchev–Trinajstić information content (AvgIpc) is 3.36. The van der Waals surface area contributed by atoms with Crippen LogP contribution in [0.2, 0.25) is 0 Å². The highest BCUT2D eigenvalue weighted by molar-refractivity contribution is 5.90. The number of carbonyl (C=O) groups excluding carboxylic acids is 1. The molecule has 1 heterocycles. The lowest BCUT2D eigenvalue weighted by atomic mass is 9.75. The number of carbonyl (C=O) groups is 1. The standard InChI is InChI=1S/C28H34O8/c1-9-14(2)28(29)36-23-16(4)15(3)10-17-11-20-25(35-13-34-20)26(32-7)21(17)22-18(23)12-19(30-5)24(31-6)27(22)33-8/h9,11-12,15-16,23H,10,13H2,1-8H3/b14-9-/t15-,16-,23+/m1/s1. The highest BCUT2D eigenvalue weighted by Gasteiger charge is 2.39. The summed E-state index contributed by atoms with van der Waals surface area (Å²) in [6.07, 6.45) is 1.85. The first-order valence-electron chi connectivity index (χ1n) is 12.0. The third-order valence-corrected chi connectivity index (χ3v) is 7.23. The summed E-state index contributed by atoms with van der Waals surface area (Å²) >= 11 is 0. The molecule has 8 nitrogen and oxygen atoms in total. The summed E-state index contributed by atoms with van der Waals surface area (Å²) in [5, 5.41) is 0. The van der Waals surface area contributed by atoms with E-state index >= 15 is 0 Å². The molecule has 0 aromatic heterocycles. The van der Waals surface area contributed by atoms with E-state index in [2.05, 4.69) is 13.8 Å². The first kappa shape index (κ1) is 25.5. The lowest BCUT2D eigenvalue weighted by Crippen LogP contribution is -2.27. The summed E-state index contributed by atoms with van der Waals surface area (Å²) in [5.41, 5.74) is 3.77. The number of hydrogen-bond acceptors (Lipinski definition) is 8. The molecule has 0 amide bonds. The minimum absolute atomic E-state index is 0.0373. The molecule has 0 N–H and O–H groups in total. The summed E-state index contributed by atoms with van der Waals surface area (Å²) in [7, 11) is 6.30. The molecule has 2 aliphatic rings. The fraction of sp³-hybridized carbons (Fsp3) is 0.464. The molecule has 0 unspecified atom stereocenters. The Bertz CT molecular complexity index is 1200. The second kappa shape index (κ2) is 10.2. The molecular formula is C28H34O8. The van der Waals surface area contributed by atoms with E-state index < -0.39 is 6.10 Å². The first-order valence-corrected chi connectivity index (χ1v) is 12.0. The van der Waals surface area contributed by atoms with E-state index in [0.717, 1.165) is 16.7 Å². The normalized spacial score (nSPS) is 20.4. The molecule has 0 radical (unpaired) electrons. The van der Waals surface area contributed by atoms with Crippen molar-refractivity contribution in [1.29, 1.82) is 0 Å². The molecule has 0 fully saturated rings. The Labute approximate surface area is 212 Å². The van der Waals surface area contributed by atoms with Crippen LogP contribution in [0, 0.1) is 11.8 Å². The van der Waals surface area contributed by atoms with Crippen molar-refractivity contribution >= 4 is 5.97 Å². The van der Waals surface area contributed by atoms with Crippen LogP contribution in [0.5, 0.6) is 34.5 Å². The Morgan fingerprint density at radius 3 is 2.25 bits per heavy atom. The van der Waals surface area contributed by atoms with Gasteiger partial charge in [0.05, 0.1) is 28.4 Å². The van der Waals surface area contributed by atoms with Crippen LogP contribution >= 0.6 is 0 Å². The number of methoxy groups -OCH3 is 4. The Morgan fingerprint density at radius 1 is 0.944 bits per heavy atom. The molecule has 2 aromatic rings. The van der Waals surface area contributed by atoms with Crippen molar-refractivity contribution in [3.8, 4) is 45.6 Å². The van der Waals surface area contributed by atoms with Gasteiger partial charge in [-0.1, -0.05) is 19.9 Å². The minimum atomic E-state index is -0.589. The van der Waals surface area contributed by atoms with Crippen LogP contribution in [0.15, 0.2) is 23.8 Å². The second-order valence-electron chi connectivity index (χ2n) is 9.13. The number of esters is 1. The van der Waals surface area contributed by atoms with Gasteiger partial charge in [-0.3, -0.25) is 0 Å². The van der Waals surface area contributed by atoms with Gasteiger partial charge in [-0.05, 0) is 43.9 Å². The number of allylic oxidation sites excluding steroid dienone is 1. The zero-order valence-corrected chi connectivity index (χ0v) is 22.1. The van der Waals surface area contributed by atoms with Crippen LogP contribution in [0.25, 0.3) is 11.1 Å². The van der Waals surface area contributed by atoms with E-state index in [1.807, 2.05) is 19.1 Å². The highest BCUT2D eigenvalue weighted by atomic mass is 16.7. The molecule has 194 valence electrons. The van der Waals surface area contributed by atoms with Crippen molar-refractivity contribution in [3.63, 3.8) is 0 Å². The quantitative estimate of drug-likeness (QED) is 0.382. The molecule has 1 aliphatic heterocycles. The van der Waals surface area contributed by atoms with E-state index in [4.69, 9.17) is 33.2 Å². The summed E-state index contributed by atoms with van der Waals surface area (Å²) in [6, 6.07) is 3.86. The molecule has 3 atom stereocenters. The minimum Gasteiger partial charge on any atom is -0.493 e. The molecule has 1 aliphatic carbocycles. The van der Waals surface area contributed by atoms with E-state index in [1.165, 1.54) is 0 Å². The van der Waals surface area contributed by atoms with Crippen LogP contribution in [-0.4, -0.2) is 41.2 Å². The molecule has 8 heteroatoms. The molecule has 0 bridgehead atoms. The maximum Gasteiger partial charge on any atom is 0.333 e. The molecule has 0 spiro atoms. The number of rotatable bonds is 6. The predicted molar refractivity (Wildman–Crippen MR) is 135 cm³/mol. The predicted octanol–water partition coefficient (Wildman–Crippen LogP) is 5.50. The molecule has 36 heavy (non-hydrogen) atoms. The van der Waals surface area contributed by atoms with Crippen molar-refractivity contribution in [2.75, 3.05) is 35.2 Å². The second-order valence-corrected chi connectivity index (χ2v) is 9.13. The molecule has 2 aromatic carbocycles. The Kier molecular flexibility index (Phi) is 7.24. The lowest BCUT2D eigenvalue weighted by molar-refractivity contribution is -0.148. The van der Waals surface area contributed by atoms with E-state index in [0.29, 0.717) is 52.1 Å². The third-order valence-electron chi connectivity index (χ3n) is 7.23. The molecule has 4 rings (SSSR count). The van der Waals surface area contributed by atoms with Gasteiger partial charge in [-0.25, -0.2) is 4.79 Å². The highest BCUT2D eigenvalue weighted by Crippen LogP contribution is 2.58.